The van der Waals surface area contributed by atoms with E-state index in [1.807, 2.05) is 0 Å². The van der Waals surface area contributed by atoms with Gasteiger partial charge in [0.1, 0.15) is 5.82 Å². The van der Waals surface area contributed by atoms with Crippen LogP contribution in [0.3, 0.4) is 0 Å². The fourth-order valence-electron chi connectivity index (χ4n) is 2.28. The highest BCUT2D eigenvalue weighted by Gasteiger charge is 2.09. The molecular weight excluding hydrogens is 385 g/mol. The van der Waals surface area contributed by atoms with Gasteiger partial charge < -0.3 is 16.0 Å². The summed E-state index contributed by atoms with van der Waals surface area (Å²) < 4.78 is 13.2. The molecule has 0 fully saturated rings. The third kappa shape index (κ3) is 5.01. The Morgan fingerprint density at radius 1 is 0.893 bits per heavy atom. The number of anilines is 4. The van der Waals surface area contributed by atoms with Crippen molar-refractivity contribution in [2.45, 2.75) is 6.92 Å². The number of rotatable bonds is 5. The molecule has 0 saturated heterocycles. The number of nitrogens with zero attached hydrogens (tertiary/aromatic N) is 2. The molecule has 28 heavy (non-hydrogen) atoms. The van der Waals surface area contributed by atoms with E-state index < -0.39 is 11.7 Å². The SMILES string of the molecule is CC(=O)Nc1ccc(NC(=O)c2ccc(Nc3ccc(F)c(Cl)c3)nn2)cc1. The predicted molar refractivity (Wildman–Crippen MR) is 105 cm³/mol. The van der Waals surface area contributed by atoms with Gasteiger partial charge in [0.05, 0.1) is 5.02 Å². The second-order valence-electron chi connectivity index (χ2n) is 5.77. The molecule has 2 amide bonds. The molecule has 1 aromatic heterocycles. The Balaban J connectivity index is 1.63. The van der Waals surface area contributed by atoms with Crippen LogP contribution in [0.25, 0.3) is 0 Å². The van der Waals surface area contributed by atoms with E-state index in [2.05, 4.69) is 26.1 Å². The van der Waals surface area contributed by atoms with Gasteiger partial charge in [-0.05, 0) is 54.6 Å². The van der Waals surface area contributed by atoms with Crippen molar-refractivity contribution in [3.8, 4) is 0 Å². The van der Waals surface area contributed by atoms with Gasteiger partial charge in [-0.3, -0.25) is 9.59 Å². The first kappa shape index (κ1) is 19.2. The van der Waals surface area contributed by atoms with E-state index >= 15 is 0 Å². The van der Waals surface area contributed by atoms with Gasteiger partial charge >= 0.3 is 0 Å². The zero-order valence-corrected chi connectivity index (χ0v) is 15.4. The molecule has 0 bridgehead atoms. The van der Waals surface area contributed by atoms with Crippen molar-refractivity contribution in [1.29, 1.82) is 0 Å². The summed E-state index contributed by atoms with van der Waals surface area (Å²) in [7, 11) is 0. The van der Waals surface area contributed by atoms with Gasteiger partial charge in [0.15, 0.2) is 11.5 Å². The Kier molecular flexibility index (Phi) is 5.81. The molecular formula is C19H15ClFN5O2. The largest absolute Gasteiger partial charge is 0.339 e. The molecule has 0 saturated carbocycles. The van der Waals surface area contributed by atoms with Crippen LogP contribution >= 0.6 is 11.6 Å². The number of carbonyl (C=O) groups excluding carboxylic acids is 2. The highest BCUT2D eigenvalue weighted by molar-refractivity contribution is 6.31. The first-order valence-corrected chi connectivity index (χ1v) is 8.53. The highest BCUT2D eigenvalue weighted by Crippen LogP contribution is 2.22. The third-order valence-corrected chi connectivity index (χ3v) is 3.84. The Morgan fingerprint density at radius 2 is 1.54 bits per heavy atom. The average molecular weight is 400 g/mol. The second kappa shape index (κ2) is 8.45. The Bertz CT molecular complexity index is 1010. The van der Waals surface area contributed by atoms with Crippen molar-refractivity contribution >= 4 is 46.3 Å². The van der Waals surface area contributed by atoms with Crippen LogP contribution in [0.1, 0.15) is 17.4 Å². The molecule has 3 aromatic rings. The molecule has 2 aromatic carbocycles. The van der Waals surface area contributed by atoms with E-state index in [0.29, 0.717) is 22.9 Å². The van der Waals surface area contributed by atoms with Gasteiger partial charge in [-0.25, -0.2) is 4.39 Å². The Labute approximate surface area is 164 Å². The zero-order chi connectivity index (χ0) is 20.1. The number of halogens is 2. The third-order valence-electron chi connectivity index (χ3n) is 3.55. The highest BCUT2D eigenvalue weighted by atomic mass is 35.5. The van der Waals surface area contributed by atoms with E-state index in [-0.39, 0.29) is 16.6 Å². The molecule has 0 aliphatic carbocycles. The van der Waals surface area contributed by atoms with Crippen LogP contribution in [0, 0.1) is 5.82 Å². The molecule has 3 N–H and O–H groups in total. The fourth-order valence-corrected chi connectivity index (χ4v) is 2.46. The summed E-state index contributed by atoms with van der Waals surface area (Å²) in [5.41, 5.74) is 1.83. The molecule has 3 rings (SSSR count). The maximum atomic E-state index is 13.2. The normalized spacial score (nSPS) is 10.2. The number of nitrogens with one attached hydrogen (secondary N) is 3. The molecule has 0 aliphatic rings. The Hall–Kier alpha value is -3.52. The zero-order valence-electron chi connectivity index (χ0n) is 14.7. The summed E-state index contributed by atoms with van der Waals surface area (Å²) in [5, 5.41) is 16.0. The molecule has 0 radical (unpaired) electrons. The number of hydrogen-bond donors (Lipinski definition) is 3. The lowest BCUT2D eigenvalue weighted by Crippen LogP contribution is -2.14. The van der Waals surface area contributed by atoms with E-state index in [9.17, 15) is 14.0 Å². The lowest BCUT2D eigenvalue weighted by molar-refractivity contribution is -0.114. The van der Waals surface area contributed by atoms with Crippen molar-refractivity contribution in [3.05, 3.63) is 71.1 Å². The van der Waals surface area contributed by atoms with Crippen LogP contribution in [-0.4, -0.2) is 22.0 Å². The van der Waals surface area contributed by atoms with Crippen LogP contribution in [0.2, 0.25) is 5.02 Å². The van der Waals surface area contributed by atoms with Crippen molar-refractivity contribution in [2.75, 3.05) is 16.0 Å². The molecule has 0 spiro atoms. The minimum Gasteiger partial charge on any atom is -0.339 e. The predicted octanol–water partition coefficient (Wildman–Crippen LogP) is 4.22. The standard InChI is InChI=1S/C19H15ClFN5O2/c1-11(27)22-12-2-4-13(5-3-12)24-19(28)17-8-9-18(26-25-17)23-14-6-7-16(21)15(20)10-14/h2-10H,1H3,(H,22,27)(H,23,26)(H,24,28). The van der Waals surface area contributed by atoms with E-state index in [4.69, 9.17) is 11.6 Å². The van der Waals surface area contributed by atoms with Crippen molar-refractivity contribution in [2.24, 2.45) is 0 Å². The van der Waals surface area contributed by atoms with Gasteiger partial charge in [-0.1, -0.05) is 11.6 Å². The monoisotopic (exact) mass is 399 g/mol. The van der Waals surface area contributed by atoms with Crippen molar-refractivity contribution < 1.29 is 14.0 Å². The number of hydrogen-bond acceptors (Lipinski definition) is 5. The maximum absolute atomic E-state index is 13.2. The summed E-state index contributed by atoms with van der Waals surface area (Å²) in [5.74, 6) is -0.755. The molecule has 142 valence electrons. The smallest absolute Gasteiger partial charge is 0.276 e. The van der Waals surface area contributed by atoms with E-state index in [1.165, 1.54) is 31.2 Å². The maximum Gasteiger partial charge on any atom is 0.276 e. The van der Waals surface area contributed by atoms with Crippen molar-refractivity contribution in [3.63, 3.8) is 0 Å². The molecule has 0 aliphatic heterocycles. The first-order chi connectivity index (χ1) is 13.4. The number of amides is 2. The molecule has 7 nitrogen and oxygen atoms in total. The molecule has 1 heterocycles. The quantitative estimate of drug-likeness (QED) is 0.596. The number of aromatic nitrogens is 2. The number of benzene rings is 2. The van der Waals surface area contributed by atoms with Crippen LogP contribution in [-0.2, 0) is 4.79 Å². The summed E-state index contributed by atoms with van der Waals surface area (Å²) in [6.07, 6.45) is 0. The second-order valence-corrected chi connectivity index (χ2v) is 6.18. The molecule has 0 atom stereocenters. The minimum atomic E-state index is -0.518. The van der Waals surface area contributed by atoms with Gasteiger partial charge in [0.25, 0.3) is 5.91 Å². The number of carbonyl (C=O) groups is 2. The van der Waals surface area contributed by atoms with Gasteiger partial charge in [-0.2, -0.15) is 0 Å². The summed E-state index contributed by atoms with van der Waals surface area (Å²) in [4.78, 5) is 23.3. The van der Waals surface area contributed by atoms with Gasteiger partial charge in [-0.15, -0.1) is 10.2 Å². The lowest BCUT2D eigenvalue weighted by atomic mass is 10.2. The van der Waals surface area contributed by atoms with Crippen LogP contribution in [0.5, 0.6) is 0 Å². The van der Waals surface area contributed by atoms with Gasteiger partial charge in [0.2, 0.25) is 5.91 Å². The Morgan fingerprint density at radius 3 is 2.11 bits per heavy atom. The summed E-state index contributed by atoms with van der Waals surface area (Å²) >= 11 is 5.73. The van der Waals surface area contributed by atoms with Crippen LogP contribution in [0.4, 0.5) is 27.3 Å². The van der Waals surface area contributed by atoms with Crippen LogP contribution < -0.4 is 16.0 Å². The lowest BCUT2D eigenvalue weighted by Gasteiger charge is -2.08. The molecule has 9 heteroatoms. The van der Waals surface area contributed by atoms with E-state index in [1.54, 1.807) is 30.3 Å². The average Bonchev–Trinajstić information content (AvgIpc) is 2.66. The fraction of sp³-hybridized carbons (Fsp3) is 0.0526. The van der Waals surface area contributed by atoms with E-state index in [0.717, 1.165) is 0 Å². The van der Waals surface area contributed by atoms with Gasteiger partial charge in [0, 0.05) is 24.0 Å². The first-order valence-electron chi connectivity index (χ1n) is 8.15. The summed E-state index contributed by atoms with van der Waals surface area (Å²) in [6.45, 7) is 1.41. The van der Waals surface area contributed by atoms with Crippen LogP contribution in [0.15, 0.2) is 54.6 Å². The minimum absolute atomic E-state index is 0.0153. The van der Waals surface area contributed by atoms with Crippen molar-refractivity contribution in [1.82, 2.24) is 10.2 Å². The topological polar surface area (TPSA) is 96.0 Å². The molecule has 0 unspecified atom stereocenters. The summed E-state index contributed by atoms with van der Waals surface area (Å²) in [6, 6.07) is 13.9.